The minimum Gasteiger partial charge on any atom is -0.361 e. The summed E-state index contributed by atoms with van der Waals surface area (Å²) < 4.78 is 3.00. The van der Waals surface area contributed by atoms with Crippen LogP contribution < -0.4 is 4.90 Å². The van der Waals surface area contributed by atoms with E-state index >= 15 is 0 Å². The van der Waals surface area contributed by atoms with Gasteiger partial charge in [0.1, 0.15) is 6.33 Å². The fourth-order valence-electron chi connectivity index (χ4n) is 2.25. The summed E-state index contributed by atoms with van der Waals surface area (Å²) in [5, 5.41) is 8.03. The minimum atomic E-state index is 0.0747. The van der Waals surface area contributed by atoms with Gasteiger partial charge in [0, 0.05) is 23.1 Å². The van der Waals surface area contributed by atoms with Gasteiger partial charge in [-0.3, -0.25) is 4.79 Å². The molecule has 2 heterocycles. The number of anilines is 1. The Morgan fingerprint density at radius 2 is 2.21 bits per heavy atom. The van der Waals surface area contributed by atoms with Crippen molar-refractivity contribution in [3.63, 3.8) is 0 Å². The lowest BCUT2D eigenvalue weighted by atomic mass is 10.1. The number of Topliss-reactive ketones (excluding diaryl/α,β-unsaturated/α-hetero) is 1. The van der Waals surface area contributed by atoms with Crippen molar-refractivity contribution < 1.29 is 4.79 Å². The van der Waals surface area contributed by atoms with Gasteiger partial charge in [-0.1, -0.05) is 0 Å². The Morgan fingerprint density at radius 3 is 2.95 bits per heavy atom. The lowest BCUT2D eigenvalue weighted by Gasteiger charge is -2.29. The molecule has 0 bridgehead atoms. The van der Waals surface area contributed by atoms with Gasteiger partial charge in [0.05, 0.1) is 12.2 Å². The summed E-state index contributed by atoms with van der Waals surface area (Å²) in [6, 6.07) is 5.71. The molecule has 0 spiro atoms. The van der Waals surface area contributed by atoms with Gasteiger partial charge >= 0.3 is 0 Å². The van der Waals surface area contributed by atoms with E-state index in [1.54, 1.807) is 13.3 Å². The molecular formula is C13H13BrN4O. The number of carbonyl (C=O) groups is 1. The molecule has 1 aromatic heterocycles. The number of aromatic nitrogens is 3. The summed E-state index contributed by atoms with van der Waals surface area (Å²) in [7, 11) is 0. The molecule has 0 N–H and O–H groups in total. The first kappa shape index (κ1) is 12.3. The van der Waals surface area contributed by atoms with Crippen LogP contribution in [0.2, 0.25) is 0 Å². The number of fused-ring (bicyclic) bond motifs is 1. The van der Waals surface area contributed by atoms with E-state index in [9.17, 15) is 4.79 Å². The van der Waals surface area contributed by atoms with Gasteiger partial charge in [0.2, 0.25) is 0 Å². The van der Waals surface area contributed by atoms with Crippen LogP contribution in [0.25, 0.3) is 0 Å². The van der Waals surface area contributed by atoms with Crippen molar-refractivity contribution in [3.05, 3.63) is 40.4 Å². The second kappa shape index (κ2) is 4.77. The molecule has 0 fully saturated rings. The predicted octanol–water partition coefficient (Wildman–Crippen LogP) is 2.26. The van der Waals surface area contributed by atoms with Gasteiger partial charge in [0.15, 0.2) is 11.6 Å². The molecule has 1 aliphatic heterocycles. The topological polar surface area (TPSA) is 51.0 Å². The Kier molecular flexibility index (Phi) is 3.10. The molecule has 0 atom stereocenters. The maximum absolute atomic E-state index is 11.4. The highest BCUT2D eigenvalue weighted by atomic mass is 79.9. The molecule has 0 unspecified atom stereocenters. The zero-order chi connectivity index (χ0) is 13.4. The number of hydrogen-bond acceptors (Lipinski definition) is 4. The van der Waals surface area contributed by atoms with Crippen LogP contribution >= 0.6 is 15.9 Å². The molecule has 98 valence electrons. The van der Waals surface area contributed by atoms with E-state index in [4.69, 9.17) is 0 Å². The van der Waals surface area contributed by atoms with Crippen LogP contribution in [0.3, 0.4) is 0 Å². The first-order valence-corrected chi connectivity index (χ1v) is 6.86. The van der Waals surface area contributed by atoms with Crippen molar-refractivity contribution in [1.29, 1.82) is 0 Å². The summed E-state index contributed by atoms with van der Waals surface area (Å²) in [6.45, 7) is 4.09. The molecule has 6 heteroatoms. The lowest BCUT2D eigenvalue weighted by molar-refractivity contribution is 0.101. The fourth-order valence-corrected chi connectivity index (χ4v) is 2.88. The van der Waals surface area contributed by atoms with E-state index in [2.05, 4.69) is 35.6 Å². The molecule has 0 saturated carbocycles. The van der Waals surface area contributed by atoms with Crippen LogP contribution in [-0.4, -0.2) is 27.1 Å². The maximum Gasteiger partial charge on any atom is 0.159 e. The second-order valence-corrected chi connectivity index (χ2v) is 5.44. The molecule has 0 radical (unpaired) electrons. The molecule has 5 nitrogen and oxygen atoms in total. The highest BCUT2D eigenvalue weighted by Crippen LogP contribution is 2.29. The monoisotopic (exact) mass is 320 g/mol. The lowest BCUT2D eigenvalue weighted by Crippen LogP contribution is -2.33. The molecular weight excluding hydrogens is 308 g/mol. The third-order valence-corrected chi connectivity index (χ3v) is 3.97. The highest BCUT2D eigenvalue weighted by Gasteiger charge is 2.19. The highest BCUT2D eigenvalue weighted by molar-refractivity contribution is 9.10. The summed E-state index contributed by atoms with van der Waals surface area (Å²) in [6.07, 6.45) is 1.76. The van der Waals surface area contributed by atoms with Crippen molar-refractivity contribution >= 4 is 27.4 Å². The standard InChI is InChI=1S/C13H13BrN4O/c1-9(19)10-2-3-12(11(14)6-10)17-4-5-18-8-15-16-13(18)7-17/h2-3,6,8H,4-5,7H2,1H3. The van der Waals surface area contributed by atoms with Crippen molar-refractivity contribution in [2.24, 2.45) is 0 Å². The van der Waals surface area contributed by atoms with Crippen LogP contribution in [0.5, 0.6) is 0 Å². The average Bonchev–Trinajstić information content (AvgIpc) is 2.85. The van der Waals surface area contributed by atoms with E-state index < -0.39 is 0 Å². The van der Waals surface area contributed by atoms with Gasteiger partial charge in [-0.15, -0.1) is 10.2 Å². The number of halogens is 1. The predicted molar refractivity (Wildman–Crippen MR) is 75.2 cm³/mol. The van der Waals surface area contributed by atoms with Crippen molar-refractivity contribution in [2.75, 3.05) is 11.4 Å². The van der Waals surface area contributed by atoms with Crippen LogP contribution in [0.15, 0.2) is 29.0 Å². The molecule has 19 heavy (non-hydrogen) atoms. The first-order chi connectivity index (χ1) is 9.15. The second-order valence-electron chi connectivity index (χ2n) is 4.58. The van der Waals surface area contributed by atoms with Crippen LogP contribution in [0, 0.1) is 0 Å². The smallest absolute Gasteiger partial charge is 0.159 e. The third-order valence-electron chi connectivity index (χ3n) is 3.33. The fraction of sp³-hybridized carbons (Fsp3) is 0.308. The van der Waals surface area contributed by atoms with Gasteiger partial charge in [-0.2, -0.15) is 0 Å². The summed E-state index contributed by atoms with van der Waals surface area (Å²) >= 11 is 3.54. The number of carbonyl (C=O) groups excluding carboxylic acids is 1. The van der Waals surface area contributed by atoms with E-state index in [0.29, 0.717) is 0 Å². The Morgan fingerprint density at radius 1 is 1.37 bits per heavy atom. The largest absolute Gasteiger partial charge is 0.361 e. The van der Waals surface area contributed by atoms with E-state index in [-0.39, 0.29) is 5.78 Å². The zero-order valence-electron chi connectivity index (χ0n) is 10.5. The average molecular weight is 321 g/mol. The number of nitrogens with zero attached hydrogens (tertiary/aromatic N) is 4. The normalized spacial score (nSPS) is 14.3. The molecule has 2 aromatic rings. The van der Waals surface area contributed by atoms with E-state index in [1.165, 1.54) is 0 Å². The molecule has 0 aliphatic carbocycles. The Hall–Kier alpha value is -1.69. The molecule has 1 aromatic carbocycles. The summed E-state index contributed by atoms with van der Waals surface area (Å²) in [5.74, 6) is 1.04. The number of rotatable bonds is 2. The summed E-state index contributed by atoms with van der Waals surface area (Å²) in [5.41, 5.74) is 1.80. The van der Waals surface area contributed by atoms with Crippen molar-refractivity contribution in [1.82, 2.24) is 14.8 Å². The SMILES string of the molecule is CC(=O)c1ccc(N2CCn3cnnc3C2)c(Br)c1. The third kappa shape index (κ3) is 2.28. The Labute approximate surface area is 119 Å². The number of hydrogen-bond donors (Lipinski definition) is 0. The quantitative estimate of drug-likeness (QED) is 0.796. The number of benzene rings is 1. The molecule has 1 aliphatic rings. The maximum atomic E-state index is 11.4. The Bertz CT molecular complexity index is 637. The van der Waals surface area contributed by atoms with Crippen LogP contribution in [0.1, 0.15) is 23.1 Å². The zero-order valence-corrected chi connectivity index (χ0v) is 12.1. The summed E-state index contributed by atoms with van der Waals surface area (Å²) in [4.78, 5) is 13.6. The van der Waals surface area contributed by atoms with E-state index in [1.807, 2.05) is 18.2 Å². The molecule has 0 amide bonds. The first-order valence-electron chi connectivity index (χ1n) is 6.07. The Balaban J connectivity index is 1.90. The van der Waals surface area contributed by atoms with Crippen LogP contribution in [-0.2, 0) is 13.1 Å². The minimum absolute atomic E-state index is 0.0747. The number of ketones is 1. The van der Waals surface area contributed by atoms with Gasteiger partial charge in [-0.25, -0.2) is 0 Å². The van der Waals surface area contributed by atoms with Gasteiger partial charge in [0.25, 0.3) is 0 Å². The molecule has 3 rings (SSSR count). The van der Waals surface area contributed by atoms with Crippen LogP contribution in [0.4, 0.5) is 5.69 Å². The van der Waals surface area contributed by atoms with Gasteiger partial charge in [-0.05, 0) is 41.1 Å². The van der Waals surface area contributed by atoms with Gasteiger partial charge < -0.3 is 9.47 Å². The van der Waals surface area contributed by atoms with Crippen molar-refractivity contribution in [2.45, 2.75) is 20.0 Å². The van der Waals surface area contributed by atoms with E-state index in [0.717, 1.165) is 41.2 Å². The molecule has 0 saturated heterocycles. The van der Waals surface area contributed by atoms with Crippen molar-refractivity contribution in [3.8, 4) is 0 Å².